The van der Waals surface area contributed by atoms with Gasteiger partial charge in [0, 0.05) is 17.7 Å². The van der Waals surface area contributed by atoms with Crippen LogP contribution in [-0.4, -0.2) is 51.9 Å². The lowest BCUT2D eigenvalue weighted by Gasteiger charge is -2.42. The molecule has 0 aromatic heterocycles. The minimum Gasteiger partial charge on any atom is -0.530 e. The summed E-state index contributed by atoms with van der Waals surface area (Å²) in [5.41, 5.74) is 1.82. The number of anilines is 2. The topological polar surface area (TPSA) is 142 Å². The second kappa shape index (κ2) is 10.6. The second-order valence-corrected chi connectivity index (χ2v) is 12.3. The quantitative estimate of drug-likeness (QED) is 0.435. The zero-order valence-corrected chi connectivity index (χ0v) is 23.1. The highest BCUT2D eigenvalue weighted by Crippen LogP contribution is 2.45. The number of sulfonamides is 1. The van der Waals surface area contributed by atoms with Crippen molar-refractivity contribution < 1.29 is 50.1 Å². The predicted octanol–water partition coefficient (Wildman–Crippen LogP) is 3.18. The minimum absolute atomic E-state index is 0.0208. The van der Waals surface area contributed by atoms with Gasteiger partial charge in [-0.15, -0.1) is 0 Å². The molecule has 2 atom stereocenters. The van der Waals surface area contributed by atoms with Gasteiger partial charge in [0.25, 0.3) is 10.0 Å². The largest absolute Gasteiger partial charge is 0.530 e. The van der Waals surface area contributed by atoms with Gasteiger partial charge in [-0.25, -0.2) is 12.8 Å². The number of hydrogen-bond donors (Lipinski definition) is 1. The fourth-order valence-electron chi connectivity index (χ4n) is 4.82. The maximum absolute atomic E-state index is 14.1. The van der Waals surface area contributed by atoms with Crippen LogP contribution in [0.2, 0.25) is 0 Å². The number of methoxy groups -OCH3 is 1. The number of benzene rings is 2. The number of alkyl halides is 3. The van der Waals surface area contributed by atoms with Crippen molar-refractivity contribution in [3.8, 4) is 11.5 Å². The Morgan fingerprint density at radius 2 is 1.85 bits per heavy atom. The van der Waals surface area contributed by atoms with E-state index in [0.29, 0.717) is 13.8 Å². The summed E-state index contributed by atoms with van der Waals surface area (Å²) in [7, 11) is -3.42. The Bertz CT molecular complexity index is 1460. The summed E-state index contributed by atoms with van der Waals surface area (Å²) in [5, 5.41) is 11.9. The smallest absolute Gasteiger partial charge is 0.411 e. The van der Waals surface area contributed by atoms with E-state index < -0.39 is 68.7 Å². The third-order valence-corrected chi connectivity index (χ3v) is 9.13. The third kappa shape index (κ3) is 5.72. The summed E-state index contributed by atoms with van der Waals surface area (Å²) < 4.78 is 95.0. The Morgan fingerprint density at radius 3 is 2.39 bits per heavy atom. The number of amides is 2. The van der Waals surface area contributed by atoms with Crippen LogP contribution in [0.5, 0.6) is 11.5 Å². The number of halogens is 4. The van der Waals surface area contributed by atoms with Crippen molar-refractivity contribution >= 4 is 33.4 Å². The van der Waals surface area contributed by atoms with Gasteiger partial charge < -0.3 is 30.0 Å². The number of nitrogens with zero attached hydrogens (tertiary/aromatic N) is 2. The first-order valence-electron chi connectivity index (χ1n) is 12.5. The summed E-state index contributed by atoms with van der Waals surface area (Å²) in [4.78, 5) is 23.6. The Hall–Kier alpha value is -3.75. The van der Waals surface area contributed by atoms with Gasteiger partial charge in [-0.2, -0.15) is 13.2 Å². The zero-order valence-electron chi connectivity index (χ0n) is 22.3. The molecule has 0 unspecified atom stereocenters. The van der Waals surface area contributed by atoms with Crippen molar-refractivity contribution in [2.75, 3.05) is 22.9 Å². The molecule has 1 saturated carbocycles. The van der Waals surface area contributed by atoms with Crippen LogP contribution in [0.1, 0.15) is 33.1 Å². The molecule has 0 spiro atoms. The van der Waals surface area contributed by atoms with E-state index in [1.165, 1.54) is 0 Å². The number of primary amides is 1. The number of fused-ring (bicyclic) bond motifs is 1. The lowest BCUT2D eigenvalue weighted by Crippen LogP contribution is -2.60. The normalized spacial score (nSPS) is 18.2. The van der Waals surface area contributed by atoms with Crippen LogP contribution in [-0.2, 0) is 14.8 Å². The molecule has 2 amide bonds. The summed E-state index contributed by atoms with van der Waals surface area (Å²) in [5.74, 6) is -2.45. The van der Waals surface area contributed by atoms with E-state index in [2.05, 4.69) is 0 Å². The number of carbonyl (C=O) groups is 2. The molecule has 2 aromatic rings. The molecule has 10 nitrogen and oxygen atoms in total. The number of carboxylic acid groups (broad SMARTS) is 1. The minimum atomic E-state index is -5.02. The van der Waals surface area contributed by atoms with Gasteiger partial charge in [-0.05, 0) is 69.4 Å². The molecule has 1 aliphatic carbocycles. The van der Waals surface area contributed by atoms with Gasteiger partial charge in [-0.3, -0.25) is 9.10 Å². The summed E-state index contributed by atoms with van der Waals surface area (Å²) in [6.45, 7) is 0.870. The van der Waals surface area contributed by atoms with Crippen LogP contribution in [0.15, 0.2) is 41.3 Å². The van der Waals surface area contributed by atoms with Crippen LogP contribution < -0.4 is 29.5 Å². The maximum atomic E-state index is 14.1. The molecule has 224 valence electrons. The fraction of sp³-hybridized carbons (Fsp3) is 0.462. The number of ether oxygens (including phenoxy) is 2. The Kier molecular flexibility index (Phi) is 7.80. The standard InChI is InChI=1S/C26H29F4N3O7S/c1-25(2,26(28,29)30)33(24(35)36)15-6-9-21-20(10-15)32(13-16(40-21)11-18(23(31)34)14-4-5-14)41(37,38)17-7-8-19(27)22(12-17)39-3/h6-10,12,14,16,18H,4-5,11,13H2,1-3H3,(H2,31,34)(H,35,36)/p-1/t16-,18+/m0/s1. The van der Waals surface area contributed by atoms with Gasteiger partial charge in [0.2, 0.25) is 5.91 Å². The SMILES string of the molecule is COc1cc(S(=O)(=O)N2C[C@H](C[C@@H](C(N)=O)C3CC3)Oc3ccc(N(C(=O)[O-])C(C)(C)C(F)(F)F)cc32)ccc1F. The van der Waals surface area contributed by atoms with E-state index in [1.807, 2.05) is 0 Å². The van der Waals surface area contributed by atoms with Crippen LogP contribution in [0.25, 0.3) is 0 Å². The van der Waals surface area contributed by atoms with Crippen LogP contribution in [0, 0.1) is 17.7 Å². The van der Waals surface area contributed by atoms with Crippen LogP contribution in [0.3, 0.4) is 0 Å². The monoisotopic (exact) mass is 602 g/mol. The van der Waals surface area contributed by atoms with E-state index in [4.69, 9.17) is 15.2 Å². The highest BCUT2D eigenvalue weighted by molar-refractivity contribution is 7.92. The molecular weight excluding hydrogens is 574 g/mol. The molecule has 1 heterocycles. The van der Waals surface area contributed by atoms with E-state index >= 15 is 0 Å². The van der Waals surface area contributed by atoms with Gasteiger partial charge in [-0.1, -0.05) is 0 Å². The number of nitrogens with two attached hydrogens (primary N) is 1. The van der Waals surface area contributed by atoms with Gasteiger partial charge in [0.1, 0.15) is 23.5 Å². The Morgan fingerprint density at radius 1 is 1.20 bits per heavy atom. The predicted molar refractivity (Wildman–Crippen MR) is 136 cm³/mol. The lowest BCUT2D eigenvalue weighted by molar-refractivity contribution is -0.254. The molecule has 1 aliphatic heterocycles. The number of hydrogen-bond acceptors (Lipinski definition) is 7. The summed E-state index contributed by atoms with van der Waals surface area (Å²) in [6.07, 6.45) is -6.49. The molecule has 2 N–H and O–H groups in total. The molecular formula is C26H28F4N3O7S-. The third-order valence-electron chi connectivity index (χ3n) is 7.35. The molecule has 41 heavy (non-hydrogen) atoms. The van der Waals surface area contributed by atoms with E-state index in [9.17, 15) is 40.7 Å². The van der Waals surface area contributed by atoms with Crippen molar-refractivity contribution in [1.29, 1.82) is 0 Å². The highest BCUT2D eigenvalue weighted by Gasteiger charge is 2.52. The van der Waals surface area contributed by atoms with Crippen LogP contribution in [0.4, 0.5) is 33.7 Å². The summed E-state index contributed by atoms with van der Waals surface area (Å²) in [6, 6.07) is 5.90. The van der Waals surface area contributed by atoms with Crippen molar-refractivity contribution in [2.45, 2.75) is 55.8 Å². The average molecular weight is 603 g/mol. The van der Waals surface area contributed by atoms with E-state index in [-0.39, 0.29) is 34.4 Å². The number of rotatable bonds is 9. The molecule has 0 radical (unpaired) electrons. The summed E-state index contributed by atoms with van der Waals surface area (Å²) >= 11 is 0. The van der Waals surface area contributed by atoms with Gasteiger partial charge in [0.05, 0.1) is 24.2 Å². The molecule has 2 aromatic carbocycles. The first kappa shape index (κ1) is 30.2. The van der Waals surface area contributed by atoms with Crippen LogP contribution >= 0.6 is 0 Å². The Balaban J connectivity index is 1.84. The molecule has 0 saturated heterocycles. The zero-order chi connectivity index (χ0) is 30.5. The molecule has 1 fully saturated rings. The molecule has 2 aliphatic rings. The maximum Gasteiger partial charge on any atom is 0.411 e. The van der Waals surface area contributed by atoms with Crippen molar-refractivity contribution in [3.63, 3.8) is 0 Å². The lowest BCUT2D eigenvalue weighted by atomic mass is 9.95. The molecule has 0 bridgehead atoms. The van der Waals surface area contributed by atoms with E-state index in [1.54, 1.807) is 0 Å². The fourth-order valence-corrected chi connectivity index (χ4v) is 6.34. The Labute approximate surface area is 233 Å². The van der Waals surface area contributed by atoms with Crippen molar-refractivity contribution in [3.05, 3.63) is 42.2 Å². The van der Waals surface area contributed by atoms with E-state index in [0.717, 1.165) is 60.7 Å². The molecule has 15 heteroatoms. The van der Waals surface area contributed by atoms with Gasteiger partial charge >= 0.3 is 6.18 Å². The number of carbonyl (C=O) groups excluding carboxylic acids is 2. The first-order chi connectivity index (χ1) is 19.0. The molecule has 4 rings (SSSR count). The highest BCUT2D eigenvalue weighted by atomic mass is 32.2. The average Bonchev–Trinajstić information content (AvgIpc) is 3.71. The second-order valence-electron chi connectivity index (χ2n) is 10.5. The van der Waals surface area contributed by atoms with Gasteiger partial charge in [0.15, 0.2) is 11.6 Å². The van der Waals surface area contributed by atoms with Crippen molar-refractivity contribution in [2.24, 2.45) is 17.6 Å². The first-order valence-corrected chi connectivity index (χ1v) is 14.0. The van der Waals surface area contributed by atoms with Crippen molar-refractivity contribution in [1.82, 2.24) is 0 Å².